The topological polar surface area (TPSA) is 18.5 Å². The largest absolute Gasteiger partial charge is 0.350 e. The van der Waals surface area contributed by atoms with Crippen molar-refractivity contribution >= 4 is 0 Å². The van der Waals surface area contributed by atoms with Crippen molar-refractivity contribution in [2.24, 2.45) is 17.3 Å². The third kappa shape index (κ3) is 2.43. The molecular formula is C14H26O2. The van der Waals surface area contributed by atoms with Gasteiger partial charge in [-0.15, -0.1) is 0 Å². The van der Waals surface area contributed by atoms with Gasteiger partial charge in [0.1, 0.15) is 0 Å². The Balaban J connectivity index is 2.03. The summed E-state index contributed by atoms with van der Waals surface area (Å²) in [6.07, 6.45) is 4.58. The van der Waals surface area contributed by atoms with Gasteiger partial charge in [0.25, 0.3) is 0 Å². The maximum absolute atomic E-state index is 5.90. The third-order valence-electron chi connectivity index (χ3n) is 4.43. The molecule has 16 heavy (non-hydrogen) atoms. The molecule has 2 rings (SSSR count). The van der Waals surface area contributed by atoms with E-state index >= 15 is 0 Å². The van der Waals surface area contributed by atoms with Crippen molar-refractivity contribution in [3.05, 3.63) is 0 Å². The van der Waals surface area contributed by atoms with Crippen molar-refractivity contribution in [2.45, 2.75) is 72.4 Å². The number of fused-ring (bicyclic) bond motifs is 1. The summed E-state index contributed by atoms with van der Waals surface area (Å²) < 4.78 is 11.7. The molecule has 0 radical (unpaired) electrons. The highest BCUT2D eigenvalue weighted by molar-refractivity contribution is 4.90. The lowest BCUT2D eigenvalue weighted by Crippen LogP contribution is -2.48. The van der Waals surface area contributed by atoms with Crippen LogP contribution in [0.5, 0.6) is 0 Å². The predicted molar refractivity (Wildman–Crippen MR) is 65.2 cm³/mol. The van der Waals surface area contributed by atoms with Crippen LogP contribution in [-0.4, -0.2) is 18.5 Å². The molecule has 0 bridgehead atoms. The van der Waals surface area contributed by atoms with E-state index in [1.807, 2.05) is 6.92 Å². The summed E-state index contributed by atoms with van der Waals surface area (Å²) in [7, 11) is 0. The van der Waals surface area contributed by atoms with Gasteiger partial charge in [0.15, 0.2) is 6.29 Å². The van der Waals surface area contributed by atoms with Gasteiger partial charge in [0.2, 0.25) is 0 Å². The van der Waals surface area contributed by atoms with Crippen LogP contribution in [0.2, 0.25) is 0 Å². The maximum Gasteiger partial charge on any atom is 0.155 e. The minimum atomic E-state index is -0.0116. The summed E-state index contributed by atoms with van der Waals surface area (Å²) in [5.41, 5.74) is 0.424. The lowest BCUT2D eigenvalue weighted by atomic mass is 9.67. The van der Waals surface area contributed by atoms with Crippen LogP contribution in [-0.2, 0) is 9.47 Å². The first-order valence-corrected chi connectivity index (χ1v) is 6.69. The molecule has 0 aromatic heterocycles. The van der Waals surface area contributed by atoms with Crippen LogP contribution in [0.25, 0.3) is 0 Å². The molecule has 1 saturated heterocycles. The smallest absolute Gasteiger partial charge is 0.155 e. The molecule has 1 aliphatic carbocycles. The lowest BCUT2D eigenvalue weighted by Gasteiger charge is -2.47. The van der Waals surface area contributed by atoms with Crippen molar-refractivity contribution in [3.8, 4) is 0 Å². The minimum absolute atomic E-state index is 0.0116. The Hall–Kier alpha value is -0.0800. The summed E-state index contributed by atoms with van der Waals surface area (Å²) >= 11 is 0. The minimum Gasteiger partial charge on any atom is -0.350 e. The fraction of sp³-hybridized carbons (Fsp3) is 1.00. The highest BCUT2D eigenvalue weighted by Gasteiger charge is 2.42. The average Bonchev–Trinajstić information content (AvgIpc) is 2.15. The highest BCUT2D eigenvalue weighted by Crippen LogP contribution is 2.44. The van der Waals surface area contributed by atoms with E-state index in [2.05, 4.69) is 27.7 Å². The first-order chi connectivity index (χ1) is 7.38. The molecule has 5 atom stereocenters. The summed E-state index contributed by atoms with van der Waals surface area (Å²) in [6.45, 7) is 11.3. The van der Waals surface area contributed by atoms with Gasteiger partial charge in [-0.1, -0.05) is 20.8 Å². The number of rotatable bonds is 0. The fourth-order valence-electron chi connectivity index (χ4n) is 3.31. The molecule has 1 heterocycles. The van der Waals surface area contributed by atoms with Crippen LogP contribution in [0.1, 0.15) is 53.9 Å². The zero-order valence-electron chi connectivity index (χ0n) is 11.3. The molecular weight excluding hydrogens is 200 g/mol. The SMILES string of the molecule is CC1OC(C)C2CC(C(C)(C)C)CCC2O1. The van der Waals surface area contributed by atoms with Gasteiger partial charge in [-0.2, -0.15) is 0 Å². The molecule has 2 heteroatoms. The summed E-state index contributed by atoms with van der Waals surface area (Å²) in [5.74, 6) is 1.42. The Morgan fingerprint density at radius 1 is 1.00 bits per heavy atom. The van der Waals surface area contributed by atoms with E-state index in [-0.39, 0.29) is 6.29 Å². The molecule has 0 amide bonds. The van der Waals surface area contributed by atoms with E-state index in [1.165, 1.54) is 19.3 Å². The second-order valence-corrected chi connectivity index (χ2v) is 6.62. The summed E-state index contributed by atoms with van der Waals surface area (Å²) in [4.78, 5) is 0. The normalized spacial score (nSPS) is 45.2. The molecule has 2 aliphatic rings. The quantitative estimate of drug-likeness (QED) is 0.628. The van der Waals surface area contributed by atoms with Crippen molar-refractivity contribution in [3.63, 3.8) is 0 Å². The van der Waals surface area contributed by atoms with Gasteiger partial charge in [0, 0.05) is 5.92 Å². The van der Waals surface area contributed by atoms with Crippen LogP contribution >= 0.6 is 0 Å². The number of hydrogen-bond acceptors (Lipinski definition) is 2. The van der Waals surface area contributed by atoms with Crippen LogP contribution < -0.4 is 0 Å². The maximum atomic E-state index is 5.90. The molecule has 2 fully saturated rings. The molecule has 1 saturated carbocycles. The van der Waals surface area contributed by atoms with Gasteiger partial charge in [-0.3, -0.25) is 0 Å². The molecule has 0 spiro atoms. The first-order valence-electron chi connectivity index (χ1n) is 6.69. The first kappa shape index (κ1) is 12.4. The second-order valence-electron chi connectivity index (χ2n) is 6.62. The Morgan fingerprint density at radius 3 is 2.31 bits per heavy atom. The van der Waals surface area contributed by atoms with E-state index in [0.717, 1.165) is 5.92 Å². The molecule has 94 valence electrons. The average molecular weight is 226 g/mol. The van der Waals surface area contributed by atoms with Crippen molar-refractivity contribution in [1.29, 1.82) is 0 Å². The molecule has 5 unspecified atom stereocenters. The van der Waals surface area contributed by atoms with Gasteiger partial charge in [0.05, 0.1) is 12.2 Å². The summed E-state index contributed by atoms with van der Waals surface area (Å²) in [5, 5.41) is 0. The lowest BCUT2D eigenvalue weighted by molar-refractivity contribution is -0.268. The standard InChI is InChI=1S/C14H26O2/c1-9-12-8-11(14(3,4)5)6-7-13(12)16-10(2)15-9/h9-13H,6-8H2,1-5H3. The Morgan fingerprint density at radius 2 is 1.69 bits per heavy atom. The zero-order chi connectivity index (χ0) is 11.9. The number of hydrogen-bond donors (Lipinski definition) is 0. The molecule has 0 aromatic carbocycles. The monoisotopic (exact) mass is 226 g/mol. The Bertz CT molecular complexity index is 244. The molecule has 2 nitrogen and oxygen atoms in total. The van der Waals surface area contributed by atoms with Crippen molar-refractivity contribution in [1.82, 2.24) is 0 Å². The third-order valence-corrected chi connectivity index (χ3v) is 4.43. The van der Waals surface area contributed by atoms with Gasteiger partial charge in [-0.05, 0) is 44.4 Å². The van der Waals surface area contributed by atoms with Gasteiger partial charge < -0.3 is 9.47 Å². The van der Waals surface area contributed by atoms with E-state index in [4.69, 9.17) is 9.47 Å². The molecule has 0 aromatic rings. The van der Waals surface area contributed by atoms with Gasteiger partial charge in [-0.25, -0.2) is 0 Å². The molecule has 0 N–H and O–H groups in total. The van der Waals surface area contributed by atoms with Crippen LogP contribution in [0, 0.1) is 17.3 Å². The van der Waals surface area contributed by atoms with Crippen LogP contribution in [0.4, 0.5) is 0 Å². The van der Waals surface area contributed by atoms with Crippen LogP contribution in [0.3, 0.4) is 0 Å². The second kappa shape index (κ2) is 4.30. The van der Waals surface area contributed by atoms with Gasteiger partial charge >= 0.3 is 0 Å². The van der Waals surface area contributed by atoms with Crippen molar-refractivity contribution in [2.75, 3.05) is 0 Å². The van der Waals surface area contributed by atoms with E-state index in [9.17, 15) is 0 Å². The van der Waals surface area contributed by atoms with Crippen molar-refractivity contribution < 1.29 is 9.47 Å². The Kier molecular flexibility index (Phi) is 3.33. The Labute approximate surface area is 99.7 Å². The predicted octanol–water partition coefficient (Wildman–Crippen LogP) is 3.60. The van der Waals surface area contributed by atoms with E-state index < -0.39 is 0 Å². The summed E-state index contributed by atoms with van der Waals surface area (Å²) in [6, 6.07) is 0. The fourth-order valence-corrected chi connectivity index (χ4v) is 3.31. The zero-order valence-corrected chi connectivity index (χ0v) is 11.3. The van der Waals surface area contributed by atoms with Crippen LogP contribution in [0.15, 0.2) is 0 Å². The van der Waals surface area contributed by atoms with E-state index in [1.54, 1.807) is 0 Å². The van der Waals surface area contributed by atoms with E-state index in [0.29, 0.717) is 23.5 Å². The highest BCUT2D eigenvalue weighted by atomic mass is 16.7. The number of ether oxygens (including phenoxy) is 2. The molecule has 1 aliphatic heterocycles.